The lowest BCUT2D eigenvalue weighted by Gasteiger charge is -2.25. The molecule has 0 N–H and O–H groups in total. The molecule has 0 saturated heterocycles. The van der Waals surface area contributed by atoms with E-state index in [1.54, 1.807) is 31.2 Å². The summed E-state index contributed by atoms with van der Waals surface area (Å²) in [7, 11) is 2.94. The van der Waals surface area contributed by atoms with E-state index < -0.39 is 16.9 Å². The summed E-state index contributed by atoms with van der Waals surface area (Å²) in [6.07, 6.45) is 1.61. The molecule has 2 aromatic heterocycles. The van der Waals surface area contributed by atoms with Crippen LogP contribution in [0.25, 0.3) is 17.4 Å². The normalized spacial score (nSPS) is 14.9. The maximum absolute atomic E-state index is 14.0. The number of nitro benzene ring substituents is 1. The summed E-state index contributed by atoms with van der Waals surface area (Å²) >= 11 is 1.18. The summed E-state index contributed by atoms with van der Waals surface area (Å²) in [6.45, 7) is 6.23. The number of hydrogen-bond acceptors (Lipinski definition) is 10. The summed E-state index contributed by atoms with van der Waals surface area (Å²) in [5.41, 5.74) is 2.70. The highest BCUT2D eigenvalue weighted by Gasteiger charge is 2.33. The third-order valence-corrected chi connectivity index (χ3v) is 8.23. The average Bonchev–Trinajstić information content (AvgIpc) is 3.60. The Morgan fingerprint density at radius 2 is 1.89 bits per heavy atom. The predicted octanol–water partition coefficient (Wildman–Crippen LogP) is 4.73. The molecule has 0 bridgehead atoms. The number of methoxy groups -OCH3 is 2. The number of non-ortho nitro benzene ring substituents is 1. The highest BCUT2D eigenvalue weighted by molar-refractivity contribution is 7.07. The molecule has 0 amide bonds. The molecular weight excluding hydrogens is 586 g/mol. The number of aromatic nitrogens is 1. The van der Waals surface area contributed by atoms with Crippen molar-refractivity contribution in [3.63, 3.8) is 0 Å². The second-order valence-corrected chi connectivity index (χ2v) is 11.4. The summed E-state index contributed by atoms with van der Waals surface area (Å²) in [4.78, 5) is 43.0. The third-order valence-electron chi connectivity index (χ3n) is 7.24. The van der Waals surface area contributed by atoms with Gasteiger partial charge >= 0.3 is 5.97 Å². The van der Waals surface area contributed by atoms with Gasteiger partial charge in [0, 0.05) is 19.3 Å². The highest BCUT2D eigenvalue weighted by Crippen LogP contribution is 2.35. The van der Waals surface area contributed by atoms with Crippen molar-refractivity contribution in [2.75, 3.05) is 27.4 Å². The molecule has 12 heteroatoms. The van der Waals surface area contributed by atoms with E-state index in [0.29, 0.717) is 38.0 Å². The third kappa shape index (κ3) is 5.99. The number of nitro groups is 1. The maximum Gasteiger partial charge on any atom is 0.338 e. The van der Waals surface area contributed by atoms with Gasteiger partial charge in [-0.2, -0.15) is 0 Å². The van der Waals surface area contributed by atoms with Crippen molar-refractivity contribution in [2.45, 2.75) is 32.7 Å². The summed E-state index contributed by atoms with van der Waals surface area (Å²) in [5.74, 6) is 0.826. The molecule has 5 rings (SSSR count). The standard InChI is InChI=1S/C32H31N3O8S/c1-18(2)20-6-8-21(9-7-20)29-28(31(37)42-15-14-40-4)19(3)33-32-34(29)30(36)27(44-32)17-23-11-13-25(43-23)24-12-10-22(35(38)39)16-26(24)41-5/h6-13,16-18,29H,14-15H2,1-5H3. The number of thiazole rings is 1. The average molecular weight is 618 g/mol. The molecule has 1 atom stereocenters. The Bertz CT molecular complexity index is 1930. The first-order valence-electron chi connectivity index (χ1n) is 13.8. The minimum atomic E-state index is -0.749. The first kappa shape index (κ1) is 30.6. The number of carbonyl (C=O) groups is 1. The van der Waals surface area contributed by atoms with Crippen molar-refractivity contribution in [3.8, 4) is 17.1 Å². The van der Waals surface area contributed by atoms with Gasteiger partial charge in [-0.25, -0.2) is 9.79 Å². The minimum absolute atomic E-state index is 0.0654. The fourth-order valence-electron chi connectivity index (χ4n) is 4.96. The van der Waals surface area contributed by atoms with Crippen LogP contribution in [0.4, 0.5) is 5.69 Å². The van der Waals surface area contributed by atoms with E-state index in [0.717, 1.165) is 11.1 Å². The van der Waals surface area contributed by atoms with Crippen LogP contribution in [0.2, 0.25) is 0 Å². The number of hydrogen-bond donors (Lipinski definition) is 0. The number of furan rings is 1. The van der Waals surface area contributed by atoms with Crippen molar-refractivity contribution >= 4 is 29.1 Å². The molecule has 1 aliphatic rings. The van der Waals surface area contributed by atoms with Gasteiger partial charge in [-0.05, 0) is 42.2 Å². The quantitative estimate of drug-likeness (QED) is 0.108. The van der Waals surface area contributed by atoms with Crippen molar-refractivity contribution in [1.82, 2.24) is 4.57 Å². The Hall–Kier alpha value is -4.81. The Kier molecular flexibility index (Phi) is 8.93. The number of rotatable bonds is 10. The van der Waals surface area contributed by atoms with Crippen LogP contribution >= 0.6 is 11.3 Å². The number of nitrogens with zero attached hydrogens (tertiary/aromatic N) is 3. The molecule has 0 spiro atoms. The molecule has 4 aromatic rings. The molecule has 44 heavy (non-hydrogen) atoms. The van der Waals surface area contributed by atoms with Gasteiger partial charge in [-0.3, -0.25) is 19.5 Å². The van der Waals surface area contributed by atoms with Crippen LogP contribution in [0.1, 0.15) is 49.6 Å². The smallest absolute Gasteiger partial charge is 0.338 e. The van der Waals surface area contributed by atoms with Gasteiger partial charge in [0.05, 0.1) is 52.1 Å². The van der Waals surface area contributed by atoms with Crippen LogP contribution < -0.4 is 19.6 Å². The van der Waals surface area contributed by atoms with Crippen molar-refractivity contribution < 1.29 is 28.3 Å². The van der Waals surface area contributed by atoms with Crippen molar-refractivity contribution in [3.05, 3.63) is 113 Å². The molecule has 2 aromatic carbocycles. The Balaban J connectivity index is 1.58. The van der Waals surface area contributed by atoms with E-state index in [9.17, 15) is 19.7 Å². The number of fused-ring (bicyclic) bond motifs is 1. The number of allylic oxidation sites excluding steroid dienone is 1. The van der Waals surface area contributed by atoms with Gasteiger partial charge < -0.3 is 18.6 Å². The molecule has 1 unspecified atom stereocenters. The Labute approximate surface area is 256 Å². The van der Waals surface area contributed by atoms with E-state index in [1.807, 2.05) is 24.3 Å². The van der Waals surface area contributed by atoms with Gasteiger partial charge in [0.2, 0.25) is 0 Å². The monoisotopic (exact) mass is 617 g/mol. The van der Waals surface area contributed by atoms with E-state index in [-0.39, 0.29) is 35.8 Å². The molecule has 0 radical (unpaired) electrons. The summed E-state index contributed by atoms with van der Waals surface area (Å²) in [5, 5.41) is 11.2. The molecule has 0 aliphatic carbocycles. The zero-order chi connectivity index (χ0) is 31.5. The van der Waals surface area contributed by atoms with Gasteiger partial charge in [0.25, 0.3) is 11.2 Å². The summed E-state index contributed by atoms with van der Waals surface area (Å²) in [6, 6.07) is 14.7. The largest absolute Gasteiger partial charge is 0.496 e. The predicted molar refractivity (Wildman–Crippen MR) is 164 cm³/mol. The number of ether oxygens (including phenoxy) is 3. The SMILES string of the molecule is COCCOC(=O)C1=C(C)N=c2sc(=Cc3ccc(-c4ccc([N+](=O)[O-])cc4OC)o3)c(=O)n2C1c1ccc(C(C)C)cc1. The second kappa shape index (κ2) is 12.8. The van der Waals surface area contributed by atoms with Gasteiger partial charge in [0.15, 0.2) is 4.80 Å². The van der Waals surface area contributed by atoms with Crippen LogP contribution in [0, 0.1) is 10.1 Å². The van der Waals surface area contributed by atoms with E-state index >= 15 is 0 Å². The van der Waals surface area contributed by atoms with Gasteiger partial charge in [-0.1, -0.05) is 49.4 Å². The Morgan fingerprint density at radius 3 is 2.55 bits per heavy atom. The molecule has 1 aliphatic heterocycles. The van der Waals surface area contributed by atoms with E-state index in [4.69, 9.17) is 18.6 Å². The Morgan fingerprint density at radius 1 is 1.14 bits per heavy atom. The molecule has 0 fully saturated rings. The first-order chi connectivity index (χ1) is 21.1. The number of carbonyl (C=O) groups excluding carboxylic acids is 1. The molecule has 228 valence electrons. The van der Waals surface area contributed by atoms with Crippen LogP contribution in [0.3, 0.4) is 0 Å². The van der Waals surface area contributed by atoms with Gasteiger partial charge in [-0.15, -0.1) is 0 Å². The van der Waals surface area contributed by atoms with Crippen LogP contribution in [-0.4, -0.2) is 42.9 Å². The molecular formula is C32H31N3O8S. The van der Waals surface area contributed by atoms with Crippen molar-refractivity contribution in [1.29, 1.82) is 0 Å². The fourth-order valence-corrected chi connectivity index (χ4v) is 5.98. The van der Waals surface area contributed by atoms with Gasteiger partial charge in [0.1, 0.15) is 23.9 Å². The molecule has 0 saturated carbocycles. The van der Waals surface area contributed by atoms with Crippen LogP contribution in [-0.2, 0) is 14.3 Å². The van der Waals surface area contributed by atoms with Crippen LogP contribution in [0.15, 0.2) is 80.1 Å². The van der Waals surface area contributed by atoms with Crippen LogP contribution in [0.5, 0.6) is 5.75 Å². The minimum Gasteiger partial charge on any atom is -0.496 e. The van der Waals surface area contributed by atoms with E-state index in [2.05, 4.69) is 18.8 Å². The number of benzene rings is 2. The molecule has 3 heterocycles. The fraction of sp³-hybridized carbons (Fsp3) is 0.281. The zero-order valence-corrected chi connectivity index (χ0v) is 25.7. The topological polar surface area (TPSA) is 135 Å². The lowest BCUT2D eigenvalue weighted by Crippen LogP contribution is -2.40. The number of esters is 1. The van der Waals surface area contributed by atoms with E-state index in [1.165, 1.54) is 42.3 Å². The maximum atomic E-state index is 14.0. The highest BCUT2D eigenvalue weighted by atomic mass is 32.1. The summed E-state index contributed by atoms with van der Waals surface area (Å²) < 4.78 is 23.7. The molecule has 11 nitrogen and oxygen atoms in total. The lowest BCUT2D eigenvalue weighted by molar-refractivity contribution is -0.384. The second-order valence-electron chi connectivity index (χ2n) is 10.4. The zero-order valence-electron chi connectivity index (χ0n) is 24.9. The lowest BCUT2D eigenvalue weighted by atomic mass is 9.93. The first-order valence-corrected chi connectivity index (χ1v) is 14.7. The van der Waals surface area contributed by atoms with Crippen molar-refractivity contribution in [2.24, 2.45) is 4.99 Å².